The molecule has 2 aromatic heterocycles. The normalized spacial score (nSPS) is 10.6. The zero-order valence-corrected chi connectivity index (χ0v) is 9.97. The van der Waals surface area contributed by atoms with Gasteiger partial charge in [-0.2, -0.15) is 4.98 Å². The summed E-state index contributed by atoms with van der Waals surface area (Å²) in [6.45, 7) is 0. The number of carbonyl (C=O) groups excluding carboxylic acids is 1. The first-order valence-electron chi connectivity index (χ1n) is 5.47. The van der Waals surface area contributed by atoms with Crippen molar-refractivity contribution < 1.29 is 9.53 Å². The second kappa shape index (κ2) is 4.41. The molecule has 0 saturated heterocycles. The van der Waals surface area contributed by atoms with Gasteiger partial charge in [0, 0.05) is 5.56 Å². The predicted molar refractivity (Wildman–Crippen MR) is 67.0 cm³/mol. The number of nitrogens with one attached hydrogen (secondary N) is 3. The molecule has 0 unspecified atom stereocenters. The third kappa shape index (κ3) is 2.10. The van der Waals surface area contributed by atoms with Crippen LogP contribution in [0.3, 0.4) is 0 Å². The van der Waals surface area contributed by atoms with Crippen molar-refractivity contribution >= 4 is 22.9 Å². The molecule has 0 bridgehead atoms. The van der Waals surface area contributed by atoms with Gasteiger partial charge in [0.1, 0.15) is 0 Å². The van der Waals surface area contributed by atoms with Crippen molar-refractivity contribution in [3.05, 3.63) is 30.1 Å². The van der Waals surface area contributed by atoms with E-state index in [-0.39, 0.29) is 17.9 Å². The number of ether oxygens (including phenoxy) is 1. The van der Waals surface area contributed by atoms with Gasteiger partial charge in [-0.05, 0) is 18.2 Å². The van der Waals surface area contributed by atoms with Gasteiger partial charge >= 0.3 is 6.01 Å². The minimum absolute atomic E-state index is 0.166. The topological polar surface area (TPSA) is 109 Å². The zero-order chi connectivity index (χ0) is 13.2. The Morgan fingerprint density at radius 3 is 3.11 bits per heavy atom. The first kappa shape index (κ1) is 11.2. The van der Waals surface area contributed by atoms with E-state index in [0.717, 1.165) is 11.0 Å². The molecule has 3 aromatic rings. The number of methoxy groups -OCH3 is 1. The molecule has 8 nitrogen and oxygen atoms in total. The summed E-state index contributed by atoms with van der Waals surface area (Å²) >= 11 is 0. The monoisotopic (exact) mass is 258 g/mol. The van der Waals surface area contributed by atoms with Crippen LogP contribution in [0.15, 0.2) is 24.5 Å². The summed E-state index contributed by atoms with van der Waals surface area (Å²) in [5.41, 5.74) is 2.09. The molecule has 0 saturated carbocycles. The minimum atomic E-state index is -0.296. The lowest BCUT2D eigenvalue weighted by Crippen LogP contribution is -2.12. The lowest BCUT2D eigenvalue weighted by atomic mass is 10.2. The van der Waals surface area contributed by atoms with Gasteiger partial charge in [0.2, 0.25) is 5.95 Å². The number of anilines is 1. The van der Waals surface area contributed by atoms with E-state index in [1.54, 1.807) is 24.5 Å². The van der Waals surface area contributed by atoms with Gasteiger partial charge in [-0.3, -0.25) is 10.1 Å². The maximum atomic E-state index is 12.0. The summed E-state index contributed by atoms with van der Waals surface area (Å²) in [6.07, 6.45) is 1.58. The van der Waals surface area contributed by atoms with Gasteiger partial charge in [-0.1, -0.05) is 0 Å². The molecule has 0 aliphatic carbocycles. The number of hydrogen-bond acceptors (Lipinski definition) is 5. The van der Waals surface area contributed by atoms with Crippen LogP contribution >= 0.6 is 0 Å². The van der Waals surface area contributed by atoms with Gasteiger partial charge in [-0.25, -0.2) is 10.1 Å². The van der Waals surface area contributed by atoms with Crippen molar-refractivity contribution in [3.63, 3.8) is 0 Å². The van der Waals surface area contributed by atoms with Crippen LogP contribution < -0.4 is 10.1 Å². The van der Waals surface area contributed by atoms with E-state index in [1.165, 1.54) is 7.11 Å². The van der Waals surface area contributed by atoms with Gasteiger partial charge in [-0.15, -0.1) is 5.10 Å². The van der Waals surface area contributed by atoms with E-state index in [4.69, 9.17) is 4.74 Å². The molecule has 0 radical (unpaired) electrons. The Morgan fingerprint density at radius 1 is 1.42 bits per heavy atom. The van der Waals surface area contributed by atoms with Crippen LogP contribution in [0, 0.1) is 0 Å². The Morgan fingerprint density at radius 2 is 2.32 bits per heavy atom. The fourth-order valence-corrected chi connectivity index (χ4v) is 1.65. The highest BCUT2D eigenvalue weighted by Gasteiger charge is 2.10. The lowest BCUT2D eigenvalue weighted by Gasteiger charge is -2.01. The SMILES string of the molecule is COc1n[nH]c(NC(=O)c2ccc3nc[nH]c3c2)n1. The Hall–Kier alpha value is -2.90. The molecule has 3 N–H and O–H groups in total. The molecule has 19 heavy (non-hydrogen) atoms. The number of fused-ring (bicyclic) bond motifs is 1. The van der Waals surface area contributed by atoms with Crippen LogP contribution in [-0.2, 0) is 0 Å². The fraction of sp³-hybridized carbons (Fsp3) is 0.0909. The molecule has 0 fully saturated rings. The lowest BCUT2D eigenvalue weighted by molar-refractivity contribution is 0.102. The highest BCUT2D eigenvalue weighted by atomic mass is 16.5. The average molecular weight is 258 g/mol. The number of nitrogens with zero attached hydrogens (tertiary/aromatic N) is 3. The number of benzene rings is 1. The second-order valence-corrected chi connectivity index (χ2v) is 3.76. The molecule has 1 aromatic carbocycles. The van der Waals surface area contributed by atoms with Crippen LogP contribution in [0.2, 0.25) is 0 Å². The molecule has 96 valence electrons. The number of aromatic nitrogens is 5. The summed E-state index contributed by atoms with van der Waals surface area (Å²) in [6, 6.07) is 5.33. The number of carbonyl (C=O) groups is 1. The van der Waals surface area contributed by atoms with E-state index in [2.05, 4.69) is 30.5 Å². The summed E-state index contributed by atoms with van der Waals surface area (Å²) in [5.74, 6) is -0.0677. The van der Waals surface area contributed by atoms with Crippen LogP contribution in [0.5, 0.6) is 6.01 Å². The highest BCUT2D eigenvalue weighted by Crippen LogP contribution is 2.13. The van der Waals surface area contributed by atoms with E-state index in [9.17, 15) is 4.79 Å². The first-order valence-corrected chi connectivity index (χ1v) is 5.47. The van der Waals surface area contributed by atoms with Crippen molar-refractivity contribution in [2.75, 3.05) is 12.4 Å². The largest absolute Gasteiger partial charge is 0.466 e. The number of amides is 1. The number of imidazole rings is 1. The van der Waals surface area contributed by atoms with Crippen LogP contribution in [0.4, 0.5) is 5.95 Å². The molecule has 8 heteroatoms. The molecule has 0 atom stereocenters. The molecule has 0 aliphatic rings. The maximum absolute atomic E-state index is 12.0. The van der Waals surface area contributed by atoms with Crippen molar-refractivity contribution in [1.82, 2.24) is 25.1 Å². The molecule has 2 heterocycles. The molecular weight excluding hydrogens is 248 g/mol. The van der Waals surface area contributed by atoms with Gasteiger partial charge in [0.15, 0.2) is 0 Å². The third-order valence-electron chi connectivity index (χ3n) is 2.56. The van der Waals surface area contributed by atoms with E-state index < -0.39 is 0 Å². The molecule has 1 amide bonds. The average Bonchev–Trinajstić information content (AvgIpc) is 3.05. The number of H-pyrrole nitrogens is 2. The standard InChI is InChI=1S/C11H10N6O2/c1-19-11-15-10(16-17-11)14-9(18)6-2-3-7-8(4-6)13-5-12-7/h2-5H,1H3,(H,12,13)(H2,14,15,16,17,18). The van der Waals surface area contributed by atoms with Crippen LogP contribution in [0.1, 0.15) is 10.4 Å². The Labute approximate surface area is 107 Å². The van der Waals surface area contributed by atoms with E-state index in [0.29, 0.717) is 5.56 Å². The summed E-state index contributed by atoms with van der Waals surface area (Å²) in [7, 11) is 1.45. The summed E-state index contributed by atoms with van der Waals surface area (Å²) in [5, 5.41) is 8.87. The van der Waals surface area contributed by atoms with Crippen molar-refractivity contribution in [3.8, 4) is 6.01 Å². The molecular formula is C11H10N6O2. The third-order valence-corrected chi connectivity index (χ3v) is 2.56. The van der Waals surface area contributed by atoms with E-state index in [1.807, 2.05) is 0 Å². The highest BCUT2D eigenvalue weighted by molar-refractivity contribution is 6.05. The van der Waals surface area contributed by atoms with Gasteiger partial charge in [0.05, 0.1) is 24.5 Å². The fourth-order valence-electron chi connectivity index (χ4n) is 1.65. The second-order valence-electron chi connectivity index (χ2n) is 3.76. The summed E-state index contributed by atoms with van der Waals surface area (Å²) < 4.78 is 4.81. The van der Waals surface area contributed by atoms with E-state index >= 15 is 0 Å². The number of aromatic amines is 2. The van der Waals surface area contributed by atoms with Crippen LogP contribution in [-0.4, -0.2) is 38.2 Å². The molecule has 0 aliphatic heterocycles. The first-order chi connectivity index (χ1) is 9.26. The molecule has 3 rings (SSSR count). The quantitative estimate of drug-likeness (QED) is 0.647. The van der Waals surface area contributed by atoms with Crippen molar-refractivity contribution in [2.24, 2.45) is 0 Å². The smallest absolute Gasteiger partial charge is 0.336 e. The molecule has 0 spiro atoms. The predicted octanol–water partition coefficient (Wildman–Crippen LogP) is 0.942. The maximum Gasteiger partial charge on any atom is 0.336 e. The van der Waals surface area contributed by atoms with Gasteiger partial charge in [0.25, 0.3) is 5.91 Å². The van der Waals surface area contributed by atoms with Crippen molar-refractivity contribution in [2.45, 2.75) is 0 Å². The van der Waals surface area contributed by atoms with Crippen molar-refractivity contribution in [1.29, 1.82) is 0 Å². The number of hydrogen-bond donors (Lipinski definition) is 3. The number of rotatable bonds is 3. The Bertz CT molecular complexity index is 731. The van der Waals surface area contributed by atoms with Gasteiger partial charge < -0.3 is 9.72 Å². The van der Waals surface area contributed by atoms with Crippen LogP contribution in [0.25, 0.3) is 11.0 Å². The zero-order valence-electron chi connectivity index (χ0n) is 9.97. The summed E-state index contributed by atoms with van der Waals surface area (Å²) in [4.78, 5) is 22.9. The Balaban J connectivity index is 1.82. The minimum Gasteiger partial charge on any atom is -0.466 e. The Kier molecular flexibility index (Phi) is 2.60.